The van der Waals surface area contributed by atoms with Crippen molar-refractivity contribution in [2.45, 2.75) is 6.54 Å². The maximum Gasteiger partial charge on any atom is 0.270 e. The average molecular weight is 391 g/mol. The molecule has 0 radical (unpaired) electrons. The van der Waals surface area contributed by atoms with E-state index in [0.717, 1.165) is 10.9 Å². The third-order valence-electron chi connectivity index (χ3n) is 3.46. The molecule has 0 aliphatic rings. The van der Waals surface area contributed by atoms with Crippen LogP contribution >= 0.6 is 22.9 Å². The van der Waals surface area contributed by atoms with E-state index in [1.807, 2.05) is 0 Å². The minimum Gasteiger partial charge on any atom is -0.461 e. The van der Waals surface area contributed by atoms with Gasteiger partial charge in [-0.15, -0.1) is 11.3 Å². The molecule has 3 aromatic rings. The number of nitrogens with zero attached hydrogens (tertiary/aromatic N) is 1. The third kappa shape index (κ3) is 3.81. The van der Waals surface area contributed by atoms with Gasteiger partial charge in [0.2, 0.25) is 5.78 Å². The number of carbonyl (C=O) groups is 2. The highest BCUT2D eigenvalue weighted by molar-refractivity contribution is 7.14. The molecule has 2 aromatic heterocycles. The number of amides is 1. The highest BCUT2D eigenvalue weighted by Crippen LogP contribution is 2.23. The van der Waals surface area contributed by atoms with Crippen molar-refractivity contribution in [2.24, 2.45) is 0 Å². The second-order valence-corrected chi connectivity index (χ2v) is 6.75. The van der Waals surface area contributed by atoms with E-state index >= 15 is 0 Å². The predicted octanol–water partition coefficient (Wildman–Crippen LogP) is 4.06. The van der Waals surface area contributed by atoms with E-state index in [9.17, 15) is 19.7 Å². The Balaban J connectivity index is 1.68. The summed E-state index contributed by atoms with van der Waals surface area (Å²) < 4.78 is 5.08. The van der Waals surface area contributed by atoms with Crippen LogP contribution in [0.4, 0.5) is 5.69 Å². The summed E-state index contributed by atoms with van der Waals surface area (Å²) in [6.45, 7) is 0.161. The van der Waals surface area contributed by atoms with Crippen LogP contribution in [-0.2, 0) is 6.54 Å². The van der Waals surface area contributed by atoms with Gasteiger partial charge in [-0.3, -0.25) is 19.7 Å². The minimum absolute atomic E-state index is 0.0179. The zero-order valence-electron chi connectivity index (χ0n) is 13.1. The van der Waals surface area contributed by atoms with Crippen LogP contribution in [-0.4, -0.2) is 16.6 Å². The Morgan fingerprint density at radius 1 is 1.23 bits per heavy atom. The monoisotopic (exact) mass is 390 g/mol. The summed E-state index contributed by atoms with van der Waals surface area (Å²) in [7, 11) is 0. The van der Waals surface area contributed by atoms with E-state index in [1.54, 1.807) is 24.3 Å². The number of nitro groups is 1. The Labute approximate surface area is 156 Å². The maximum atomic E-state index is 12.2. The van der Waals surface area contributed by atoms with Crippen molar-refractivity contribution in [3.05, 3.63) is 84.9 Å². The SMILES string of the molecule is O=C(c1ccco1)c1ccc(CNC(=O)c2cc([N+](=O)[O-])ccc2Cl)s1. The van der Waals surface area contributed by atoms with Gasteiger partial charge in [-0.1, -0.05) is 11.6 Å². The number of furan rings is 1. The summed E-state index contributed by atoms with van der Waals surface area (Å²) >= 11 is 7.17. The highest BCUT2D eigenvalue weighted by atomic mass is 35.5. The number of hydrogen-bond acceptors (Lipinski definition) is 6. The lowest BCUT2D eigenvalue weighted by molar-refractivity contribution is -0.384. The molecular weight excluding hydrogens is 380 g/mol. The molecule has 26 heavy (non-hydrogen) atoms. The molecule has 0 unspecified atom stereocenters. The molecule has 0 aliphatic heterocycles. The van der Waals surface area contributed by atoms with Gasteiger partial charge in [0, 0.05) is 17.0 Å². The standard InChI is InChI=1S/C17H11ClN2O5S/c18-13-5-3-10(20(23)24)8-12(13)17(22)19-9-11-4-6-15(26-11)16(21)14-2-1-7-25-14/h1-8H,9H2,(H,19,22). The number of nitrogens with one attached hydrogen (secondary N) is 1. The Morgan fingerprint density at radius 3 is 2.73 bits per heavy atom. The third-order valence-corrected chi connectivity index (χ3v) is 4.87. The van der Waals surface area contributed by atoms with E-state index in [0.29, 0.717) is 4.88 Å². The molecule has 0 aliphatic carbocycles. The van der Waals surface area contributed by atoms with Crippen molar-refractivity contribution in [3.8, 4) is 0 Å². The summed E-state index contributed by atoms with van der Waals surface area (Å²) in [5.74, 6) is -0.531. The van der Waals surface area contributed by atoms with Gasteiger partial charge in [0.1, 0.15) is 0 Å². The lowest BCUT2D eigenvalue weighted by Gasteiger charge is -2.05. The second-order valence-electron chi connectivity index (χ2n) is 5.18. The van der Waals surface area contributed by atoms with Gasteiger partial charge in [0.05, 0.1) is 33.2 Å². The van der Waals surface area contributed by atoms with Gasteiger partial charge in [0.25, 0.3) is 11.6 Å². The largest absolute Gasteiger partial charge is 0.461 e. The molecule has 1 N–H and O–H groups in total. The molecule has 7 nitrogen and oxygen atoms in total. The van der Waals surface area contributed by atoms with Gasteiger partial charge in [-0.25, -0.2) is 0 Å². The predicted molar refractivity (Wildman–Crippen MR) is 95.7 cm³/mol. The van der Waals surface area contributed by atoms with Crippen LogP contribution in [0.2, 0.25) is 5.02 Å². The quantitative estimate of drug-likeness (QED) is 0.388. The van der Waals surface area contributed by atoms with E-state index < -0.39 is 10.8 Å². The molecule has 132 valence electrons. The van der Waals surface area contributed by atoms with E-state index in [-0.39, 0.29) is 34.4 Å². The molecule has 0 spiro atoms. The average Bonchev–Trinajstić information content (AvgIpc) is 3.31. The summed E-state index contributed by atoms with van der Waals surface area (Å²) in [4.78, 5) is 35.9. The summed E-state index contributed by atoms with van der Waals surface area (Å²) in [6.07, 6.45) is 1.42. The minimum atomic E-state index is -0.598. The Morgan fingerprint density at radius 2 is 2.04 bits per heavy atom. The number of thiophene rings is 1. The number of halogens is 1. The van der Waals surface area contributed by atoms with Crippen molar-refractivity contribution in [3.63, 3.8) is 0 Å². The zero-order chi connectivity index (χ0) is 18.7. The number of nitro benzene ring substituents is 1. The van der Waals surface area contributed by atoms with Crippen LogP contribution < -0.4 is 5.32 Å². The molecule has 2 heterocycles. The molecule has 0 bridgehead atoms. The van der Waals surface area contributed by atoms with Crippen molar-refractivity contribution in [2.75, 3.05) is 0 Å². The number of rotatable bonds is 6. The molecule has 9 heteroatoms. The first kappa shape index (κ1) is 17.8. The molecular formula is C17H11ClN2O5S. The van der Waals surface area contributed by atoms with Gasteiger partial charge < -0.3 is 9.73 Å². The van der Waals surface area contributed by atoms with Crippen LogP contribution in [0.15, 0.2) is 53.1 Å². The zero-order valence-corrected chi connectivity index (χ0v) is 14.7. The van der Waals surface area contributed by atoms with Crippen LogP contribution in [0.3, 0.4) is 0 Å². The van der Waals surface area contributed by atoms with Gasteiger partial charge in [0.15, 0.2) is 5.76 Å². The number of benzene rings is 1. The summed E-state index contributed by atoms with van der Waals surface area (Å²) in [5, 5.41) is 13.6. The molecule has 1 amide bonds. The highest BCUT2D eigenvalue weighted by Gasteiger charge is 2.17. The fourth-order valence-corrected chi connectivity index (χ4v) is 3.28. The van der Waals surface area contributed by atoms with E-state index in [1.165, 1.54) is 29.7 Å². The fraction of sp³-hybridized carbons (Fsp3) is 0.0588. The van der Waals surface area contributed by atoms with Crippen molar-refractivity contribution in [1.82, 2.24) is 5.32 Å². The lowest BCUT2D eigenvalue weighted by atomic mass is 10.2. The van der Waals surface area contributed by atoms with E-state index in [2.05, 4.69) is 5.32 Å². The Hall–Kier alpha value is -2.97. The molecule has 3 rings (SSSR count). The molecule has 1 aromatic carbocycles. The van der Waals surface area contributed by atoms with Gasteiger partial charge in [-0.2, -0.15) is 0 Å². The van der Waals surface area contributed by atoms with Crippen LogP contribution in [0.1, 0.15) is 30.7 Å². The number of carbonyl (C=O) groups excluding carboxylic acids is 2. The lowest BCUT2D eigenvalue weighted by Crippen LogP contribution is -2.22. The molecule has 0 fully saturated rings. The van der Waals surface area contributed by atoms with Crippen LogP contribution in [0, 0.1) is 10.1 Å². The Kier molecular flexibility index (Phi) is 5.15. The summed E-state index contributed by atoms with van der Waals surface area (Å²) in [5.41, 5.74) is -0.202. The van der Waals surface area contributed by atoms with Crippen molar-refractivity contribution < 1.29 is 18.9 Å². The molecule has 0 saturated carbocycles. The Bertz CT molecular complexity index is 981. The van der Waals surface area contributed by atoms with Crippen LogP contribution in [0.25, 0.3) is 0 Å². The van der Waals surface area contributed by atoms with Gasteiger partial charge >= 0.3 is 0 Å². The normalized spacial score (nSPS) is 10.5. The topological polar surface area (TPSA) is 102 Å². The summed E-state index contributed by atoms with van der Waals surface area (Å²) in [6, 6.07) is 10.2. The van der Waals surface area contributed by atoms with Crippen LogP contribution in [0.5, 0.6) is 0 Å². The smallest absolute Gasteiger partial charge is 0.270 e. The van der Waals surface area contributed by atoms with E-state index in [4.69, 9.17) is 16.0 Å². The van der Waals surface area contributed by atoms with Crippen molar-refractivity contribution in [1.29, 1.82) is 0 Å². The second kappa shape index (κ2) is 7.51. The van der Waals surface area contributed by atoms with Gasteiger partial charge in [-0.05, 0) is 30.3 Å². The fourth-order valence-electron chi connectivity index (χ4n) is 2.19. The maximum absolute atomic E-state index is 12.2. The van der Waals surface area contributed by atoms with Crippen molar-refractivity contribution >= 4 is 40.3 Å². The molecule has 0 saturated heterocycles. The first-order valence-corrected chi connectivity index (χ1v) is 8.54. The first-order chi connectivity index (χ1) is 12.5. The molecule has 0 atom stereocenters. The first-order valence-electron chi connectivity index (χ1n) is 7.35. The number of hydrogen-bond donors (Lipinski definition) is 1. The number of non-ortho nitro benzene ring substituents is 1. The number of ketones is 1.